The van der Waals surface area contributed by atoms with Gasteiger partial charge in [-0.3, -0.25) is 4.79 Å². The Morgan fingerprint density at radius 3 is 2.89 bits per heavy atom. The van der Waals surface area contributed by atoms with E-state index in [4.69, 9.17) is 16.2 Å². The number of ether oxygens (including phenoxy) is 1. The van der Waals surface area contributed by atoms with Crippen molar-refractivity contribution >= 4 is 11.6 Å². The molecule has 0 spiro atoms. The van der Waals surface area contributed by atoms with Gasteiger partial charge in [0.05, 0.1) is 5.69 Å². The van der Waals surface area contributed by atoms with Gasteiger partial charge in [0.2, 0.25) is 0 Å². The number of rotatable bonds is 3. The third kappa shape index (κ3) is 2.19. The van der Waals surface area contributed by atoms with Crippen molar-refractivity contribution in [3.05, 3.63) is 23.8 Å². The zero-order valence-electron chi connectivity index (χ0n) is 10.7. The summed E-state index contributed by atoms with van der Waals surface area (Å²) >= 11 is 0. The van der Waals surface area contributed by atoms with E-state index in [-0.39, 0.29) is 24.5 Å². The lowest BCUT2D eigenvalue weighted by molar-refractivity contribution is -0.120. The lowest BCUT2D eigenvalue weighted by Gasteiger charge is -2.28. The lowest BCUT2D eigenvalue weighted by atomic mass is 9.94. The van der Waals surface area contributed by atoms with Crippen LogP contribution >= 0.6 is 0 Å². The summed E-state index contributed by atoms with van der Waals surface area (Å²) in [6.45, 7) is 2.63. The van der Waals surface area contributed by atoms with Gasteiger partial charge >= 0.3 is 0 Å². The van der Waals surface area contributed by atoms with Crippen molar-refractivity contribution < 1.29 is 9.53 Å². The van der Waals surface area contributed by atoms with Crippen molar-refractivity contribution in [1.29, 1.82) is 0 Å². The van der Waals surface area contributed by atoms with Crippen LogP contribution in [0.5, 0.6) is 5.75 Å². The second-order valence-electron chi connectivity index (χ2n) is 4.71. The third-order valence-electron chi connectivity index (χ3n) is 3.44. The highest BCUT2D eigenvalue weighted by Gasteiger charge is 2.24. The molecule has 0 saturated heterocycles. The standard InChI is InChI=1S/C13H19N3O2/c1-8(6-14)13(15)9-3-4-11-10(5-9)16(2)12(17)7-18-11/h3-5,8,13H,6-7,14-15H2,1-2H3. The summed E-state index contributed by atoms with van der Waals surface area (Å²) in [7, 11) is 1.74. The van der Waals surface area contributed by atoms with Gasteiger partial charge in [-0.1, -0.05) is 13.0 Å². The maximum Gasteiger partial charge on any atom is 0.264 e. The first kappa shape index (κ1) is 12.9. The van der Waals surface area contributed by atoms with Crippen LogP contribution in [0.25, 0.3) is 0 Å². The average molecular weight is 249 g/mol. The zero-order chi connectivity index (χ0) is 13.3. The Hall–Kier alpha value is -1.59. The first-order chi connectivity index (χ1) is 8.54. The molecule has 4 N–H and O–H groups in total. The fourth-order valence-electron chi connectivity index (χ4n) is 1.97. The first-order valence-electron chi connectivity index (χ1n) is 6.03. The minimum atomic E-state index is -0.134. The van der Waals surface area contributed by atoms with Crippen LogP contribution in [0.15, 0.2) is 18.2 Å². The highest BCUT2D eigenvalue weighted by Crippen LogP contribution is 2.34. The molecule has 1 aliphatic heterocycles. The highest BCUT2D eigenvalue weighted by molar-refractivity contribution is 5.97. The van der Waals surface area contributed by atoms with E-state index in [1.165, 1.54) is 0 Å². The van der Waals surface area contributed by atoms with Gasteiger partial charge in [-0.05, 0) is 30.2 Å². The summed E-state index contributed by atoms with van der Waals surface area (Å²) in [5, 5.41) is 0. The SMILES string of the molecule is CC(CN)C(N)c1ccc2c(c1)N(C)C(=O)CO2. The maximum atomic E-state index is 11.6. The third-order valence-corrected chi connectivity index (χ3v) is 3.44. The summed E-state index contributed by atoms with van der Waals surface area (Å²) in [5.41, 5.74) is 13.5. The average Bonchev–Trinajstić information content (AvgIpc) is 2.41. The molecule has 0 radical (unpaired) electrons. The van der Waals surface area contributed by atoms with E-state index < -0.39 is 0 Å². The molecule has 1 aromatic rings. The second kappa shape index (κ2) is 4.96. The fourth-order valence-corrected chi connectivity index (χ4v) is 1.97. The number of amides is 1. The predicted molar refractivity (Wildman–Crippen MR) is 70.5 cm³/mol. The Morgan fingerprint density at radius 2 is 2.22 bits per heavy atom. The number of fused-ring (bicyclic) bond motifs is 1. The number of hydrogen-bond donors (Lipinski definition) is 2. The lowest BCUT2D eigenvalue weighted by Crippen LogP contribution is -2.35. The van der Waals surface area contributed by atoms with Crippen molar-refractivity contribution in [2.75, 3.05) is 25.1 Å². The molecule has 5 heteroatoms. The van der Waals surface area contributed by atoms with Crippen LogP contribution in [-0.4, -0.2) is 26.1 Å². The highest BCUT2D eigenvalue weighted by atomic mass is 16.5. The normalized spacial score (nSPS) is 18.0. The Labute approximate surface area is 107 Å². The molecule has 2 unspecified atom stereocenters. The molecular weight excluding hydrogens is 230 g/mol. The van der Waals surface area contributed by atoms with Gasteiger partial charge in [0.25, 0.3) is 5.91 Å². The minimum absolute atomic E-state index is 0.0555. The van der Waals surface area contributed by atoms with Gasteiger partial charge in [-0.15, -0.1) is 0 Å². The van der Waals surface area contributed by atoms with Gasteiger partial charge in [-0.2, -0.15) is 0 Å². The minimum Gasteiger partial charge on any atom is -0.482 e. The van der Waals surface area contributed by atoms with Crippen LogP contribution in [0.2, 0.25) is 0 Å². The number of nitrogens with zero attached hydrogens (tertiary/aromatic N) is 1. The van der Waals surface area contributed by atoms with Crippen molar-refractivity contribution in [1.82, 2.24) is 0 Å². The number of benzene rings is 1. The summed E-state index contributed by atoms with van der Waals surface area (Å²) in [4.78, 5) is 13.2. The van der Waals surface area contributed by atoms with E-state index in [0.717, 1.165) is 11.3 Å². The topological polar surface area (TPSA) is 81.6 Å². The molecular formula is C13H19N3O2. The van der Waals surface area contributed by atoms with Crippen molar-refractivity contribution in [2.45, 2.75) is 13.0 Å². The molecule has 2 rings (SSSR count). The number of anilines is 1. The second-order valence-corrected chi connectivity index (χ2v) is 4.71. The molecule has 98 valence electrons. The Morgan fingerprint density at radius 1 is 1.50 bits per heavy atom. The van der Waals surface area contributed by atoms with Gasteiger partial charge in [-0.25, -0.2) is 0 Å². The van der Waals surface area contributed by atoms with Crippen molar-refractivity contribution in [3.8, 4) is 5.75 Å². The monoisotopic (exact) mass is 249 g/mol. The van der Waals surface area contributed by atoms with Crippen LogP contribution < -0.4 is 21.1 Å². The summed E-state index contributed by atoms with van der Waals surface area (Å²) in [6.07, 6.45) is 0. The molecule has 1 amide bonds. The Balaban J connectivity index is 2.34. The Kier molecular flexibility index (Phi) is 3.54. The molecule has 1 heterocycles. The Bertz CT molecular complexity index is 462. The molecule has 1 aliphatic rings. The molecule has 0 saturated carbocycles. The van der Waals surface area contributed by atoms with E-state index in [0.29, 0.717) is 12.3 Å². The molecule has 0 aliphatic carbocycles. The van der Waals surface area contributed by atoms with E-state index >= 15 is 0 Å². The van der Waals surface area contributed by atoms with Gasteiger partial charge in [0.15, 0.2) is 6.61 Å². The fraction of sp³-hybridized carbons (Fsp3) is 0.462. The molecule has 5 nitrogen and oxygen atoms in total. The van der Waals surface area contributed by atoms with E-state index in [2.05, 4.69) is 0 Å². The number of carbonyl (C=O) groups excluding carboxylic acids is 1. The van der Waals surface area contributed by atoms with Gasteiger partial charge in [0.1, 0.15) is 5.75 Å². The predicted octanol–water partition coefficient (Wildman–Crippen LogP) is 0.636. The number of hydrogen-bond acceptors (Lipinski definition) is 4. The molecule has 2 atom stereocenters. The van der Waals surface area contributed by atoms with Crippen LogP contribution in [-0.2, 0) is 4.79 Å². The summed E-state index contributed by atoms with van der Waals surface area (Å²) in [5.74, 6) is 0.849. The van der Waals surface area contributed by atoms with E-state index in [9.17, 15) is 4.79 Å². The largest absolute Gasteiger partial charge is 0.482 e. The quantitative estimate of drug-likeness (QED) is 0.823. The van der Waals surface area contributed by atoms with Crippen LogP contribution in [0.4, 0.5) is 5.69 Å². The van der Waals surface area contributed by atoms with E-state index in [1.807, 2.05) is 25.1 Å². The van der Waals surface area contributed by atoms with Gasteiger partial charge < -0.3 is 21.1 Å². The molecule has 1 aromatic carbocycles. The smallest absolute Gasteiger partial charge is 0.264 e. The summed E-state index contributed by atoms with van der Waals surface area (Å²) in [6, 6.07) is 5.56. The van der Waals surface area contributed by atoms with Crippen molar-refractivity contribution in [2.24, 2.45) is 17.4 Å². The van der Waals surface area contributed by atoms with Crippen LogP contribution in [0, 0.1) is 5.92 Å². The summed E-state index contributed by atoms with van der Waals surface area (Å²) < 4.78 is 5.37. The number of likely N-dealkylation sites (N-methyl/N-ethyl adjacent to an activating group) is 1. The number of nitrogens with two attached hydrogens (primary N) is 2. The molecule has 0 bridgehead atoms. The van der Waals surface area contributed by atoms with Gasteiger partial charge in [0, 0.05) is 13.1 Å². The number of carbonyl (C=O) groups is 1. The van der Waals surface area contributed by atoms with E-state index in [1.54, 1.807) is 11.9 Å². The maximum absolute atomic E-state index is 11.6. The molecule has 0 aromatic heterocycles. The first-order valence-corrected chi connectivity index (χ1v) is 6.03. The van der Waals surface area contributed by atoms with Crippen molar-refractivity contribution in [3.63, 3.8) is 0 Å². The zero-order valence-corrected chi connectivity index (χ0v) is 10.7. The van der Waals surface area contributed by atoms with Crippen LogP contribution in [0.1, 0.15) is 18.5 Å². The molecule has 0 fully saturated rings. The molecule has 18 heavy (non-hydrogen) atoms. The van der Waals surface area contributed by atoms with Crippen LogP contribution in [0.3, 0.4) is 0 Å².